The van der Waals surface area contributed by atoms with E-state index in [2.05, 4.69) is 25.6 Å². The standard InChI is InChI=1S/C24H27ClFN5O2/c1-4-33-11-5-9-28-24(32)19-13-27-10-8-21(19)30-23-18(15(2)3)14-29-22(31-23)17-12-16(25)6-7-20(17)26/h6-8,10,12-15H,4-5,9,11H2,1-3H3,(H,28,32)(H,27,29,30,31). The number of aromatic nitrogens is 3. The lowest BCUT2D eigenvalue weighted by Crippen LogP contribution is -2.26. The molecule has 3 aromatic rings. The second-order valence-corrected chi connectivity index (χ2v) is 8.07. The Morgan fingerprint density at radius 3 is 2.82 bits per heavy atom. The van der Waals surface area contributed by atoms with Crippen LogP contribution >= 0.6 is 11.6 Å². The highest BCUT2D eigenvalue weighted by Crippen LogP contribution is 2.30. The van der Waals surface area contributed by atoms with E-state index in [9.17, 15) is 9.18 Å². The second kappa shape index (κ2) is 11.7. The molecular formula is C24H27ClFN5O2. The predicted octanol–water partition coefficient (Wildman–Crippen LogP) is 5.35. The Labute approximate surface area is 197 Å². The molecule has 7 nitrogen and oxygen atoms in total. The van der Waals surface area contributed by atoms with Crippen LogP contribution in [-0.2, 0) is 4.74 Å². The molecule has 9 heteroatoms. The molecule has 2 N–H and O–H groups in total. The summed E-state index contributed by atoms with van der Waals surface area (Å²) in [4.78, 5) is 25.7. The molecule has 0 spiro atoms. The molecule has 0 aliphatic heterocycles. The number of anilines is 2. The van der Waals surface area contributed by atoms with Crippen molar-refractivity contribution in [1.82, 2.24) is 20.3 Å². The number of pyridine rings is 1. The molecule has 0 unspecified atom stereocenters. The third-order valence-corrected chi connectivity index (χ3v) is 5.12. The smallest absolute Gasteiger partial charge is 0.254 e. The highest BCUT2D eigenvalue weighted by molar-refractivity contribution is 6.30. The molecule has 1 amide bonds. The highest BCUT2D eigenvalue weighted by atomic mass is 35.5. The molecule has 0 aliphatic rings. The first-order chi connectivity index (χ1) is 15.9. The predicted molar refractivity (Wildman–Crippen MR) is 127 cm³/mol. The molecule has 3 rings (SSSR count). The van der Waals surface area contributed by atoms with E-state index < -0.39 is 5.82 Å². The summed E-state index contributed by atoms with van der Waals surface area (Å²) in [7, 11) is 0. The summed E-state index contributed by atoms with van der Waals surface area (Å²) in [6.07, 6.45) is 5.45. The van der Waals surface area contributed by atoms with Gasteiger partial charge >= 0.3 is 0 Å². The van der Waals surface area contributed by atoms with E-state index in [1.807, 2.05) is 20.8 Å². The Kier molecular flexibility index (Phi) is 8.68. The first kappa shape index (κ1) is 24.5. The van der Waals surface area contributed by atoms with Gasteiger partial charge in [0.05, 0.1) is 16.8 Å². The summed E-state index contributed by atoms with van der Waals surface area (Å²) in [5.41, 5.74) is 1.92. The minimum absolute atomic E-state index is 0.0865. The Balaban J connectivity index is 1.89. The fourth-order valence-electron chi connectivity index (χ4n) is 3.14. The second-order valence-electron chi connectivity index (χ2n) is 7.63. The van der Waals surface area contributed by atoms with Gasteiger partial charge in [-0.3, -0.25) is 9.78 Å². The van der Waals surface area contributed by atoms with Gasteiger partial charge in [0.1, 0.15) is 11.6 Å². The van der Waals surface area contributed by atoms with Gasteiger partial charge in [0.2, 0.25) is 0 Å². The molecule has 2 heterocycles. The fourth-order valence-corrected chi connectivity index (χ4v) is 3.31. The van der Waals surface area contributed by atoms with Crippen molar-refractivity contribution >= 4 is 29.0 Å². The molecule has 1 aromatic carbocycles. The summed E-state index contributed by atoms with van der Waals surface area (Å²) in [5, 5.41) is 6.49. The maximum Gasteiger partial charge on any atom is 0.254 e. The lowest BCUT2D eigenvalue weighted by Gasteiger charge is -2.17. The van der Waals surface area contributed by atoms with Crippen LogP contribution in [0.25, 0.3) is 11.4 Å². The van der Waals surface area contributed by atoms with Crippen molar-refractivity contribution in [2.45, 2.75) is 33.1 Å². The molecule has 33 heavy (non-hydrogen) atoms. The van der Waals surface area contributed by atoms with E-state index >= 15 is 0 Å². The van der Waals surface area contributed by atoms with Gasteiger partial charge in [0.15, 0.2) is 5.82 Å². The van der Waals surface area contributed by atoms with Gasteiger partial charge < -0.3 is 15.4 Å². The van der Waals surface area contributed by atoms with E-state index in [0.717, 1.165) is 5.56 Å². The van der Waals surface area contributed by atoms with E-state index in [4.69, 9.17) is 16.3 Å². The molecule has 0 aliphatic carbocycles. The number of hydrogen-bond acceptors (Lipinski definition) is 6. The fraction of sp³-hybridized carbons (Fsp3) is 0.333. The number of nitrogens with zero attached hydrogens (tertiary/aromatic N) is 3. The molecule has 0 atom stereocenters. The zero-order valence-electron chi connectivity index (χ0n) is 18.9. The molecule has 0 fully saturated rings. The normalized spacial score (nSPS) is 11.0. The number of nitrogens with one attached hydrogen (secondary N) is 2. The minimum Gasteiger partial charge on any atom is -0.382 e. The van der Waals surface area contributed by atoms with Gasteiger partial charge in [-0.15, -0.1) is 0 Å². The van der Waals surface area contributed by atoms with Crippen LogP contribution in [0.5, 0.6) is 0 Å². The Hall–Kier alpha value is -3.10. The van der Waals surface area contributed by atoms with Crippen molar-refractivity contribution in [3.05, 3.63) is 64.8 Å². The summed E-state index contributed by atoms with van der Waals surface area (Å²) in [6, 6.07) is 5.93. The van der Waals surface area contributed by atoms with Crippen molar-refractivity contribution in [1.29, 1.82) is 0 Å². The van der Waals surface area contributed by atoms with Crippen molar-refractivity contribution in [3.8, 4) is 11.4 Å². The number of ether oxygens (including phenoxy) is 1. The third kappa shape index (κ3) is 6.46. The third-order valence-electron chi connectivity index (χ3n) is 4.88. The van der Waals surface area contributed by atoms with Crippen LogP contribution in [-0.4, -0.2) is 40.6 Å². The van der Waals surface area contributed by atoms with Gasteiger partial charge in [-0.25, -0.2) is 14.4 Å². The molecule has 0 saturated heterocycles. The monoisotopic (exact) mass is 471 g/mol. The molecule has 2 aromatic heterocycles. The lowest BCUT2D eigenvalue weighted by atomic mass is 10.1. The quantitative estimate of drug-likeness (QED) is 0.387. The average molecular weight is 472 g/mol. The van der Waals surface area contributed by atoms with Crippen molar-refractivity contribution in [2.75, 3.05) is 25.1 Å². The number of rotatable bonds is 10. The molecule has 0 radical (unpaired) electrons. The van der Waals surface area contributed by atoms with Crippen molar-refractivity contribution < 1.29 is 13.9 Å². The summed E-state index contributed by atoms with van der Waals surface area (Å²) in [5.74, 6) is 0.0225. The molecule has 0 bridgehead atoms. The largest absolute Gasteiger partial charge is 0.382 e. The van der Waals surface area contributed by atoms with Gasteiger partial charge in [0.25, 0.3) is 5.91 Å². The van der Waals surface area contributed by atoms with Gasteiger partial charge in [-0.2, -0.15) is 0 Å². The number of benzene rings is 1. The van der Waals surface area contributed by atoms with Crippen LogP contribution in [0.1, 0.15) is 49.0 Å². The van der Waals surface area contributed by atoms with Gasteiger partial charge in [0, 0.05) is 48.9 Å². The van der Waals surface area contributed by atoms with Gasteiger partial charge in [-0.05, 0) is 43.5 Å². The van der Waals surface area contributed by atoms with Crippen LogP contribution < -0.4 is 10.6 Å². The number of amides is 1. The topological polar surface area (TPSA) is 89.0 Å². The number of halogens is 2. The zero-order valence-corrected chi connectivity index (χ0v) is 19.6. The van der Waals surface area contributed by atoms with Crippen LogP contribution in [0.15, 0.2) is 42.9 Å². The van der Waals surface area contributed by atoms with E-state index in [1.165, 1.54) is 24.4 Å². The van der Waals surface area contributed by atoms with Crippen LogP contribution in [0.2, 0.25) is 5.02 Å². The number of carbonyl (C=O) groups is 1. The minimum atomic E-state index is -0.473. The Morgan fingerprint density at radius 1 is 1.24 bits per heavy atom. The Bertz CT molecular complexity index is 1110. The SMILES string of the molecule is CCOCCCNC(=O)c1cnccc1Nc1nc(-c2cc(Cl)ccc2F)ncc1C(C)C. The zero-order chi connectivity index (χ0) is 23.8. The first-order valence-corrected chi connectivity index (χ1v) is 11.2. The Morgan fingerprint density at radius 2 is 2.06 bits per heavy atom. The molecule has 174 valence electrons. The van der Waals surface area contributed by atoms with Gasteiger partial charge in [-0.1, -0.05) is 25.4 Å². The molecule has 0 saturated carbocycles. The summed E-state index contributed by atoms with van der Waals surface area (Å²) < 4.78 is 19.7. The van der Waals surface area contributed by atoms with Crippen molar-refractivity contribution in [3.63, 3.8) is 0 Å². The maximum atomic E-state index is 14.4. The van der Waals surface area contributed by atoms with Crippen LogP contribution in [0.4, 0.5) is 15.9 Å². The van der Waals surface area contributed by atoms with E-state index in [1.54, 1.807) is 18.5 Å². The average Bonchev–Trinajstić information content (AvgIpc) is 2.80. The molecular weight excluding hydrogens is 445 g/mol. The highest BCUT2D eigenvalue weighted by Gasteiger charge is 2.17. The van der Waals surface area contributed by atoms with Crippen LogP contribution in [0.3, 0.4) is 0 Å². The van der Waals surface area contributed by atoms with Crippen molar-refractivity contribution in [2.24, 2.45) is 0 Å². The van der Waals surface area contributed by atoms with E-state index in [-0.39, 0.29) is 23.2 Å². The summed E-state index contributed by atoms with van der Waals surface area (Å²) >= 11 is 6.05. The number of hydrogen-bond donors (Lipinski definition) is 2. The first-order valence-electron chi connectivity index (χ1n) is 10.8. The summed E-state index contributed by atoms with van der Waals surface area (Å²) in [6.45, 7) is 7.64. The number of carbonyl (C=O) groups excluding carboxylic acids is 1. The lowest BCUT2D eigenvalue weighted by molar-refractivity contribution is 0.0944. The maximum absolute atomic E-state index is 14.4. The van der Waals surface area contributed by atoms with Crippen LogP contribution in [0, 0.1) is 5.82 Å². The van der Waals surface area contributed by atoms with E-state index in [0.29, 0.717) is 48.3 Å².